The highest BCUT2D eigenvalue weighted by Gasteiger charge is 2.48. The van der Waals surface area contributed by atoms with E-state index in [2.05, 4.69) is 34.8 Å². The van der Waals surface area contributed by atoms with Crippen molar-refractivity contribution in [1.29, 1.82) is 0 Å². The fourth-order valence-corrected chi connectivity index (χ4v) is 10.7. The third-order valence-corrected chi connectivity index (χ3v) is 15.3. The minimum atomic E-state index is -2.76. The Bertz CT molecular complexity index is 2300. The number of esters is 1. The van der Waals surface area contributed by atoms with Gasteiger partial charge in [-0.3, -0.25) is 43.3 Å². The molecule has 0 aliphatic carbocycles. The number of guanidine groups is 1. The quantitative estimate of drug-likeness (QED) is 0.0212. The summed E-state index contributed by atoms with van der Waals surface area (Å²) in [6.07, 6.45) is -1.90. The standard InChI is InChI=1S/C53H87N11O19/c1-28(2)16-11-9-7-5-4-6-8-10-12-17-30-26-36(68)59-37(29(3)66)49(77)63-24-15-20-34(63)48(76)62-23-14-19-33(62)44(72)57-31(18-13-22-56-53(54)55)43(71)60-38(41(69)50(78)79)45(73)58-32(27-65)47(75)64-25-21-35(67)40(64)46(74)61-39(52(82)83-30)42(70)51(80)81/h28-35,37-42,65-67,69-70H,4-27H2,1-3H3,(H,57,72)(H,58,73)(H,59,68)(H,60,71)(H,61,74)(H,78,79)(H,80,81)(H4,54,55,56)/t29-,30?,31+,32+,33-,34-,35+,37-,38-,39+,40+,41-,42+/m1/s1. The molecule has 13 atom stereocenters. The van der Waals surface area contributed by atoms with Crippen molar-refractivity contribution in [1.82, 2.24) is 41.3 Å². The largest absolute Gasteiger partial charge is 0.479 e. The predicted molar refractivity (Wildman–Crippen MR) is 291 cm³/mol. The monoisotopic (exact) mass is 1180 g/mol. The molecule has 16 N–H and O–H groups in total. The number of aliphatic imine (C=N–C) groups is 1. The molecule has 1 unspecified atom stereocenters. The summed E-state index contributed by atoms with van der Waals surface area (Å²) in [7, 11) is 0. The number of aliphatic hydroxyl groups excluding tert-OH is 5. The van der Waals surface area contributed by atoms with Gasteiger partial charge in [0.1, 0.15) is 48.4 Å². The van der Waals surface area contributed by atoms with Gasteiger partial charge in [0.25, 0.3) is 0 Å². The van der Waals surface area contributed by atoms with Crippen LogP contribution in [0, 0.1) is 5.92 Å². The zero-order valence-electron chi connectivity index (χ0n) is 47.5. The van der Waals surface area contributed by atoms with E-state index in [0.717, 1.165) is 56.3 Å². The number of nitrogens with one attached hydrogen (secondary N) is 5. The van der Waals surface area contributed by atoms with Crippen LogP contribution in [0.3, 0.4) is 0 Å². The Morgan fingerprint density at radius 3 is 1.73 bits per heavy atom. The van der Waals surface area contributed by atoms with Gasteiger partial charge in [0, 0.05) is 26.2 Å². The van der Waals surface area contributed by atoms with Crippen LogP contribution in [0.1, 0.15) is 143 Å². The van der Waals surface area contributed by atoms with Gasteiger partial charge >= 0.3 is 17.9 Å². The van der Waals surface area contributed by atoms with Crippen molar-refractivity contribution in [2.45, 2.75) is 222 Å². The second-order valence-corrected chi connectivity index (χ2v) is 22.2. The van der Waals surface area contributed by atoms with Gasteiger partial charge in [0.2, 0.25) is 47.3 Å². The number of carbonyl (C=O) groups is 11. The molecule has 0 bridgehead atoms. The van der Waals surface area contributed by atoms with Crippen LogP contribution in [-0.4, -0.2) is 233 Å². The van der Waals surface area contributed by atoms with Gasteiger partial charge in [-0.1, -0.05) is 71.6 Å². The molecule has 4 heterocycles. The number of carboxylic acid groups (broad SMARTS) is 2. The first-order valence-electron chi connectivity index (χ1n) is 28.8. The van der Waals surface area contributed by atoms with Crippen LogP contribution < -0.4 is 38.1 Å². The molecule has 4 aliphatic rings. The van der Waals surface area contributed by atoms with Gasteiger partial charge in [-0.05, 0) is 70.6 Å². The van der Waals surface area contributed by atoms with E-state index in [1.807, 2.05) is 10.6 Å². The molecule has 4 aliphatic heterocycles. The van der Waals surface area contributed by atoms with Crippen molar-refractivity contribution in [3.05, 3.63) is 0 Å². The lowest BCUT2D eigenvalue weighted by atomic mass is 10.0. The number of carbonyl (C=O) groups excluding carboxylic acids is 9. The van der Waals surface area contributed by atoms with E-state index in [1.54, 1.807) is 0 Å². The minimum Gasteiger partial charge on any atom is -0.479 e. The van der Waals surface area contributed by atoms with E-state index >= 15 is 0 Å². The van der Waals surface area contributed by atoms with Crippen LogP contribution in [0.5, 0.6) is 0 Å². The summed E-state index contributed by atoms with van der Waals surface area (Å²) >= 11 is 0. The van der Waals surface area contributed by atoms with Gasteiger partial charge in [-0.25, -0.2) is 14.4 Å². The average Bonchev–Trinajstić information content (AvgIpc) is 4.38. The SMILES string of the molecule is CC(C)CCCCCCCCCCCC1CC(=O)N[C@H]([C@@H](C)O)C(=O)N2CCC[C@@H]2C(=O)N2CCC[C@@H]2C(=O)N[C@@H](CCCN=C(N)N)C(=O)N[C@H]([C@@H](O)C(=O)O)C(=O)N[C@@H](CO)C(=O)N2CC[C@H](O)[C@H]2C(=O)N[C@@H]([C@H](O)C(=O)O)C(=O)O1. The fraction of sp³-hybridized carbons (Fsp3) is 0.774. The number of hydrogen-bond acceptors (Lipinski definition) is 18. The van der Waals surface area contributed by atoms with E-state index in [4.69, 9.17) is 16.2 Å². The molecule has 0 saturated carbocycles. The summed E-state index contributed by atoms with van der Waals surface area (Å²) in [5, 5.41) is 85.0. The minimum absolute atomic E-state index is 0.00894. The fourth-order valence-electron chi connectivity index (χ4n) is 10.7. The molecule has 4 saturated heterocycles. The first-order valence-corrected chi connectivity index (χ1v) is 28.8. The number of fused-ring (bicyclic) bond motifs is 3. The molecule has 30 heteroatoms. The molecule has 0 aromatic carbocycles. The van der Waals surface area contributed by atoms with Gasteiger partial charge < -0.3 is 93.2 Å². The van der Waals surface area contributed by atoms with Crippen LogP contribution in [0.2, 0.25) is 0 Å². The summed E-state index contributed by atoms with van der Waals surface area (Å²) in [5.74, 6) is -14.4. The number of carboxylic acids is 2. The first-order chi connectivity index (χ1) is 39.3. The van der Waals surface area contributed by atoms with Gasteiger partial charge in [-0.15, -0.1) is 0 Å². The van der Waals surface area contributed by atoms with E-state index < -0.39 is 164 Å². The number of unbranched alkanes of at least 4 members (excludes halogenated alkanes) is 8. The third kappa shape index (κ3) is 20.2. The molecule has 4 fully saturated rings. The summed E-state index contributed by atoms with van der Waals surface area (Å²) < 4.78 is 5.68. The highest BCUT2D eigenvalue weighted by Crippen LogP contribution is 2.27. The molecular weight excluding hydrogens is 1090 g/mol. The second-order valence-electron chi connectivity index (χ2n) is 22.2. The average molecular weight is 1180 g/mol. The van der Waals surface area contributed by atoms with Crippen LogP contribution in [0.25, 0.3) is 0 Å². The number of hydrogen-bond donors (Lipinski definition) is 14. The van der Waals surface area contributed by atoms with E-state index in [0.29, 0.717) is 23.7 Å². The van der Waals surface area contributed by atoms with Crippen molar-refractivity contribution >= 4 is 71.1 Å². The van der Waals surface area contributed by atoms with E-state index in [1.165, 1.54) is 11.8 Å². The molecule has 0 radical (unpaired) electrons. The number of cyclic esters (lactones) is 1. The Kier molecular flexibility index (Phi) is 27.8. The number of nitrogens with zero attached hydrogens (tertiary/aromatic N) is 4. The maximum atomic E-state index is 14.5. The molecule has 83 heavy (non-hydrogen) atoms. The van der Waals surface area contributed by atoms with E-state index in [9.17, 15) is 88.5 Å². The number of aliphatic carboxylic acids is 2. The van der Waals surface area contributed by atoms with Crippen molar-refractivity contribution in [3.8, 4) is 0 Å². The Labute approximate surface area is 481 Å². The number of amides is 8. The Hall–Kier alpha value is -6.76. The number of aliphatic hydroxyl groups is 5. The van der Waals surface area contributed by atoms with Crippen molar-refractivity contribution in [3.63, 3.8) is 0 Å². The Morgan fingerprint density at radius 2 is 1.16 bits per heavy atom. The molecule has 8 amide bonds. The highest BCUT2D eigenvalue weighted by atomic mass is 16.5. The molecule has 0 aromatic rings. The molecule has 4 rings (SSSR count). The van der Waals surface area contributed by atoms with Gasteiger partial charge in [-0.2, -0.15) is 0 Å². The van der Waals surface area contributed by atoms with Crippen LogP contribution in [-0.2, 0) is 57.5 Å². The van der Waals surface area contributed by atoms with Crippen LogP contribution >= 0.6 is 0 Å². The van der Waals surface area contributed by atoms with Gasteiger partial charge in [0.05, 0.1) is 25.2 Å². The highest BCUT2D eigenvalue weighted by molar-refractivity contribution is 6.00. The zero-order valence-corrected chi connectivity index (χ0v) is 47.5. The Morgan fingerprint density at radius 1 is 0.602 bits per heavy atom. The topological polar surface area (TPSA) is 473 Å². The maximum absolute atomic E-state index is 14.5. The smallest absolute Gasteiger partial charge is 0.335 e. The van der Waals surface area contributed by atoms with Crippen molar-refractivity contribution in [2.75, 3.05) is 32.8 Å². The maximum Gasteiger partial charge on any atom is 0.335 e. The predicted octanol–water partition coefficient (Wildman–Crippen LogP) is -4.07. The first kappa shape index (κ1) is 68.7. The molecule has 30 nitrogen and oxygen atoms in total. The molecular formula is C53H87N11O19. The van der Waals surface area contributed by atoms with Gasteiger partial charge in [0.15, 0.2) is 24.2 Å². The molecule has 0 spiro atoms. The van der Waals surface area contributed by atoms with Crippen molar-refractivity contribution in [2.24, 2.45) is 22.4 Å². The Balaban J connectivity index is 1.75. The lowest BCUT2D eigenvalue weighted by Gasteiger charge is -2.34. The number of ether oxygens (including phenoxy) is 1. The lowest BCUT2D eigenvalue weighted by Crippen LogP contribution is -2.64. The van der Waals surface area contributed by atoms with Crippen LogP contribution in [0.15, 0.2) is 4.99 Å². The third-order valence-electron chi connectivity index (χ3n) is 15.3. The normalized spacial score (nSPS) is 27.8. The van der Waals surface area contributed by atoms with Crippen LogP contribution in [0.4, 0.5) is 0 Å². The lowest BCUT2D eigenvalue weighted by molar-refractivity contribution is -0.165. The number of nitrogens with two attached hydrogens (primary N) is 2. The number of rotatable bonds is 22. The molecule has 468 valence electrons. The summed E-state index contributed by atoms with van der Waals surface area (Å²) in [4.78, 5) is 159. The summed E-state index contributed by atoms with van der Waals surface area (Å²) in [6, 6.07) is -14.9. The molecule has 0 aromatic heterocycles. The van der Waals surface area contributed by atoms with Crippen molar-refractivity contribution < 1.29 is 93.2 Å². The summed E-state index contributed by atoms with van der Waals surface area (Å²) in [6.45, 7) is 3.67. The van der Waals surface area contributed by atoms with E-state index in [-0.39, 0.29) is 77.0 Å². The zero-order chi connectivity index (χ0) is 61.7. The summed E-state index contributed by atoms with van der Waals surface area (Å²) in [5.41, 5.74) is 10.9. The second kappa shape index (κ2) is 33.5.